The zero-order valence-corrected chi connectivity index (χ0v) is 19.1. The molecule has 0 radical (unpaired) electrons. The Balaban J connectivity index is 1.67. The summed E-state index contributed by atoms with van der Waals surface area (Å²) in [7, 11) is 6.87. The average molecular weight is 485 g/mol. The Morgan fingerprint density at radius 1 is 1.16 bits per heavy atom. The first-order valence-electron chi connectivity index (χ1n) is 9.42. The molecule has 1 aromatic carbocycles. The molecule has 0 spiro atoms. The number of benzene rings is 1. The lowest BCUT2D eigenvalue weighted by Gasteiger charge is -2.12. The molecule has 0 fully saturated rings. The third kappa shape index (κ3) is 3.98. The monoisotopic (exact) mass is 484 g/mol. The number of hydrogen-bond donors (Lipinski definition) is 1. The highest BCUT2D eigenvalue weighted by atomic mass is 79.9. The average Bonchev–Trinajstić information content (AvgIpc) is 3.32. The van der Waals surface area contributed by atoms with Crippen LogP contribution in [0.1, 0.15) is 16.1 Å². The zero-order valence-electron chi connectivity index (χ0n) is 17.5. The lowest BCUT2D eigenvalue weighted by Crippen LogP contribution is -2.24. The molecule has 0 bridgehead atoms. The van der Waals surface area contributed by atoms with Crippen molar-refractivity contribution in [3.05, 3.63) is 52.5 Å². The molecule has 160 valence electrons. The molecule has 31 heavy (non-hydrogen) atoms. The minimum absolute atomic E-state index is 0.276. The number of aryl methyl sites for hydroxylation is 2. The van der Waals surface area contributed by atoms with Crippen molar-refractivity contribution in [3.63, 3.8) is 0 Å². The van der Waals surface area contributed by atoms with Crippen LogP contribution in [-0.2, 0) is 20.6 Å². The van der Waals surface area contributed by atoms with E-state index < -0.39 is 0 Å². The number of aromatic nitrogens is 5. The van der Waals surface area contributed by atoms with Gasteiger partial charge in [-0.05, 0) is 34.1 Å². The molecule has 0 aliphatic carbocycles. The normalized spacial score (nSPS) is 11.0. The molecular weight excluding hydrogens is 464 g/mol. The number of ether oxygens (including phenoxy) is 2. The Kier molecular flexibility index (Phi) is 5.64. The second kappa shape index (κ2) is 8.38. The molecule has 3 aromatic heterocycles. The van der Waals surface area contributed by atoms with Gasteiger partial charge in [0.15, 0.2) is 5.82 Å². The van der Waals surface area contributed by atoms with Gasteiger partial charge in [0.25, 0.3) is 5.91 Å². The molecule has 1 N–H and O–H groups in total. The van der Waals surface area contributed by atoms with Gasteiger partial charge in [-0.3, -0.25) is 9.48 Å². The molecule has 0 aliphatic rings. The molecule has 3 heterocycles. The lowest BCUT2D eigenvalue weighted by atomic mass is 10.1. The van der Waals surface area contributed by atoms with Crippen molar-refractivity contribution in [1.82, 2.24) is 29.6 Å². The van der Waals surface area contributed by atoms with Crippen molar-refractivity contribution in [2.75, 3.05) is 14.2 Å². The van der Waals surface area contributed by atoms with Crippen LogP contribution in [0.4, 0.5) is 0 Å². The molecule has 0 aliphatic heterocycles. The molecule has 10 heteroatoms. The maximum Gasteiger partial charge on any atom is 0.270 e. The molecule has 9 nitrogen and oxygen atoms in total. The smallest absolute Gasteiger partial charge is 0.270 e. The van der Waals surface area contributed by atoms with Gasteiger partial charge in [-0.15, -0.1) is 0 Å². The van der Waals surface area contributed by atoms with E-state index in [9.17, 15) is 4.79 Å². The number of hydrogen-bond acceptors (Lipinski definition) is 6. The molecule has 0 saturated heterocycles. The Hall–Kier alpha value is -3.40. The fourth-order valence-electron chi connectivity index (χ4n) is 3.34. The van der Waals surface area contributed by atoms with Crippen LogP contribution in [0.5, 0.6) is 11.5 Å². The van der Waals surface area contributed by atoms with Gasteiger partial charge in [-0.2, -0.15) is 5.10 Å². The molecule has 4 aromatic rings. The maximum absolute atomic E-state index is 13.0. The quantitative estimate of drug-likeness (QED) is 0.451. The van der Waals surface area contributed by atoms with E-state index in [4.69, 9.17) is 9.47 Å². The Morgan fingerprint density at radius 3 is 2.65 bits per heavy atom. The van der Waals surface area contributed by atoms with E-state index in [0.29, 0.717) is 27.6 Å². The van der Waals surface area contributed by atoms with Crippen LogP contribution >= 0.6 is 15.9 Å². The van der Waals surface area contributed by atoms with Crippen molar-refractivity contribution in [2.24, 2.45) is 14.1 Å². The van der Waals surface area contributed by atoms with Crippen molar-refractivity contribution < 1.29 is 14.3 Å². The molecule has 0 unspecified atom stereocenters. The van der Waals surface area contributed by atoms with E-state index in [1.165, 1.54) is 0 Å². The molecule has 0 atom stereocenters. The molecule has 1 amide bonds. The fraction of sp³-hybridized carbons (Fsp3) is 0.238. The third-order valence-corrected chi connectivity index (χ3v) is 5.35. The highest BCUT2D eigenvalue weighted by Gasteiger charge is 2.19. The van der Waals surface area contributed by atoms with Gasteiger partial charge in [0, 0.05) is 43.9 Å². The standard InChI is InChI=1S/C21H21BrN6O3/c1-27-11-18(22)26-20(27)19-14-10-24-28(2)16(14)8-15(25-19)21(29)23-9-12-5-6-13(30-3)7-17(12)31-4/h5-8,10-11H,9H2,1-4H3,(H,23,29). The summed E-state index contributed by atoms with van der Waals surface area (Å²) in [6.45, 7) is 0.278. The lowest BCUT2D eigenvalue weighted by molar-refractivity contribution is 0.0946. The van der Waals surface area contributed by atoms with Gasteiger partial charge >= 0.3 is 0 Å². The van der Waals surface area contributed by atoms with Crippen LogP contribution in [0.15, 0.2) is 41.3 Å². The van der Waals surface area contributed by atoms with Crippen LogP contribution in [0.2, 0.25) is 0 Å². The number of methoxy groups -OCH3 is 2. The number of rotatable bonds is 6. The second-order valence-corrected chi connectivity index (χ2v) is 7.73. The summed E-state index contributed by atoms with van der Waals surface area (Å²) in [6.07, 6.45) is 3.56. The van der Waals surface area contributed by atoms with Crippen molar-refractivity contribution in [1.29, 1.82) is 0 Å². The van der Waals surface area contributed by atoms with Crippen LogP contribution in [0, 0.1) is 0 Å². The van der Waals surface area contributed by atoms with Crippen molar-refractivity contribution in [3.8, 4) is 23.0 Å². The Bertz CT molecular complexity index is 1280. The first-order chi connectivity index (χ1) is 14.9. The van der Waals surface area contributed by atoms with Crippen LogP contribution < -0.4 is 14.8 Å². The summed E-state index contributed by atoms with van der Waals surface area (Å²) in [4.78, 5) is 22.1. The summed E-state index contributed by atoms with van der Waals surface area (Å²) in [5, 5.41) is 8.05. The van der Waals surface area contributed by atoms with Crippen LogP contribution in [0.3, 0.4) is 0 Å². The first kappa shape index (κ1) is 20.9. The summed E-state index contributed by atoms with van der Waals surface area (Å²) in [6, 6.07) is 7.18. The van der Waals surface area contributed by atoms with Gasteiger partial charge in [0.1, 0.15) is 27.5 Å². The summed E-state index contributed by atoms with van der Waals surface area (Å²) in [5.41, 5.74) is 2.48. The van der Waals surface area contributed by atoms with Crippen molar-refractivity contribution >= 4 is 32.7 Å². The molecule has 0 saturated carbocycles. The molecular formula is C21H21BrN6O3. The van der Waals surface area contributed by atoms with Crippen molar-refractivity contribution in [2.45, 2.75) is 6.54 Å². The highest BCUT2D eigenvalue weighted by molar-refractivity contribution is 9.10. The minimum atomic E-state index is -0.310. The summed E-state index contributed by atoms with van der Waals surface area (Å²) >= 11 is 3.39. The van der Waals surface area contributed by atoms with Gasteiger partial charge < -0.3 is 19.4 Å². The Morgan fingerprint density at radius 2 is 1.97 bits per heavy atom. The van der Waals surface area contributed by atoms with E-state index in [2.05, 4.69) is 36.3 Å². The van der Waals surface area contributed by atoms with Gasteiger partial charge in [0.05, 0.1) is 25.9 Å². The van der Waals surface area contributed by atoms with E-state index >= 15 is 0 Å². The number of fused-ring (bicyclic) bond motifs is 1. The summed E-state index contributed by atoms with van der Waals surface area (Å²) in [5.74, 6) is 1.64. The number of carbonyl (C=O) groups excluding carboxylic acids is 1. The van der Waals surface area contributed by atoms with E-state index in [1.807, 2.05) is 37.0 Å². The van der Waals surface area contributed by atoms with Gasteiger partial charge in [-0.1, -0.05) is 0 Å². The number of halogens is 1. The Labute approximate surface area is 187 Å². The van der Waals surface area contributed by atoms with E-state index in [0.717, 1.165) is 16.5 Å². The van der Waals surface area contributed by atoms with Gasteiger partial charge in [-0.25, -0.2) is 9.97 Å². The first-order valence-corrected chi connectivity index (χ1v) is 10.2. The number of amides is 1. The number of nitrogens with zero attached hydrogens (tertiary/aromatic N) is 5. The van der Waals surface area contributed by atoms with E-state index in [1.54, 1.807) is 37.2 Å². The molecule has 4 rings (SSSR count). The summed E-state index contributed by atoms with van der Waals surface area (Å²) < 4.78 is 14.9. The maximum atomic E-state index is 13.0. The van der Waals surface area contributed by atoms with E-state index in [-0.39, 0.29) is 18.1 Å². The number of carbonyl (C=O) groups is 1. The highest BCUT2D eigenvalue weighted by Crippen LogP contribution is 2.28. The zero-order chi connectivity index (χ0) is 22.1. The third-order valence-electron chi connectivity index (χ3n) is 4.97. The minimum Gasteiger partial charge on any atom is -0.497 e. The van der Waals surface area contributed by atoms with Gasteiger partial charge in [0.2, 0.25) is 0 Å². The predicted octanol–water partition coefficient (Wildman–Crippen LogP) is 3.08. The number of nitrogens with one attached hydrogen (secondary N) is 1. The number of imidazole rings is 1. The predicted molar refractivity (Wildman–Crippen MR) is 119 cm³/mol. The second-order valence-electron chi connectivity index (χ2n) is 6.92. The largest absolute Gasteiger partial charge is 0.497 e. The van der Waals surface area contributed by atoms with Crippen LogP contribution in [0.25, 0.3) is 22.4 Å². The SMILES string of the molecule is COc1ccc(CNC(=O)c2cc3c(cnn3C)c(-c3nc(Br)cn3C)n2)c(OC)c1. The van der Waals surface area contributed by atoms with Crippen LogP contribution in [-0.4, -0.2) is 44.4 Å². The topological polar surface area (TPSA) is 96.1 Å². The number of pyridine rings is 1. The fourth-order valence-corrected chi connectivity index (χ4v) is 3.82.